The minimum absolute atomic E-state index is 0.0148. The van der Waals surface area contributed by atoms with E-state index in [1.165, 1.54) is 18.2 Å². The van der Waals surface area contributed by atoms with E-state index in [0.717, 1.165) is 4.47 Å². The number of anilines is 1. The molecule has 1 N–H and O–H groups in total. The second-order valence-corrected chi connectivity index (χ2v) is 6.29. The van der Waals surface area contributed by atoms with Gasteiger partial charge < -0.3 is 10.1 Å². The molecule has 0 aliphatic carbocycles. The second-order valence-electron chi connectivity index (χ2n) is 5.38. The van der Waals surface area contributed by atoms with E-state index in [2.05, 4.69) is 21.2 Å². The molecule has 2 rings (SSSR count). The number of para-hydroxylation sites is 2. The Hall–Kier alpha value is -2.35. The molecular weight excluding hydrogens is 415 g/mol. The first-order chi connectivity index (χ1) is 12.2. The van der Waals surface area contributed by atoms with Crippen molar-refractivity contribution in [1.29, 1.82) is 0 Å². The van der Waals surface area contributed by atoms with E-state index >= 15 is 0 Å². The lowest BCUT2D eigenvalue weighted by molar-refractivity contribution is -0.153. The molecule has 0 fully saturated rings. The van der Waals surface area contributed by atoms with Crippen LogP contribution in [-0.2, 0) is 4.79 Å². The zero-order valence-corrected chi connectivity index (χ0v) is 15.1. The molecule has 0 saturated heterocycles. The summed E-state index contributed by atoms with van der Waals surface area (Å²) in [4.78, 5) is 24.1. The predicted molar refractivity (Wildman–Crippen MR) is 94.3 cm³/mol. The van der Waals surface area contributed by atoms with Gasteiger partial charge in [0.05, 0.1) is 5.69 Å². The molecule has 2 aromatic carbocycles. The standard InChI is InChI=1S/C18H15BrF3NO3/c19-13-7-5-12(6-8-13)15(24)9-10-17(25)23-14-3-1-2-4-16(14)26-11-18(20,21)22/h1-8H,9-11H2,(H,23,25). The van der Waals surface area contributed by atoms with Crippen molar-refractivity contribution in [2.45, 2.75) is 19.0 Å². The third-order valence-electron chi connectivity index (χ3n) is 3.30. The molecule has 0 saturated carbocycles. The minimum atomic E-state index is -4.48. The summed E-state index contributed by atoms with van der Waals surface area (Å²) in [6, 6.07) is 12.5. The highest BCUT2D eigenvalue weighted by molar-refractivity contribution is 9.10. The van der Waals surface area contributed by atoms with Crippen LogP contribution in [0.5, 0.6) is 5.75 Å². The third kappa shape index (κ3) is 6.51. The quantitative estimate of drug-likeness (QED) is 0.630. The molecule has 0 spiro atoms. The molecule has 2 aromatic rings. The summed E-state index contributed by atoms with van der Waals surface area (Å²) in [5, 5.41) is 2.47. The minimum Gasteiger partial charge on any atom is -0.482 e. The summed E-state index contributed by atoms with van der Waals surface area (Å²) in [5.41, 5.74) is 0.604. The first kappa shape index (κ1) is 20.0. The maximum atomic E-state index is 12.3. The normalized spacial score (nSPS) is 11.1. The summed E-state index contributed by atoms with van der Waals surface area (Å²) < 4.78 is 42.4. The van der Waals surface area contributed by atoms with Crippen molar-refractivity contribution in [3.05, 3.63) is 58.6 Å². The number of carbonyl (C=O) groups is 2. The maximum Gasteiger partial charge on any atom is 0.422 e. The van der Waals surface area contributed by atoms with Gasteiger partial charge >= 0.3 is 6.18 Å². The van der Waals surface area contributed by atoms with Gasteiger partial charge in [-0.1, -0.05) is 40.2 Å². The van der Waals surface area contributed by atoms with E-state index in [1.807, 2.05) is 0 Å². The van der Waals surface area contributed by atoms with Crippen LogP contribution < -0.4 is 10.1 Å². The van der Waals surface area contributed by atoms with Gasteiger partial charge in [-0.2, -0.15) is 13.2 Å². The molecule has 138 valence electrons. The lowest BCUT2D eigenvalue weighted by atomic mass is 10.1. The van der Waals surface area contributed by atoms with E-state index in [0.29, 0.717) is 5.56 Å². The molecule has 0 aliphatic rings. The van der Waals surface area contributed by atoms with E-state index in [1.54, 1.807) is 30.3 Å². The number of rotatable bonds is 7. The Morgan fingerprint density at radius 2 is 1.65 bits per heavy atom. The number of Topliss-reactive ketones (excluding diaryl/α,β-unsaturated/α-hetero) is 1. The van der Waals surface area contributed by atoms with E-state index in [9.17, 15) is 22.8 Å². The fraction of sp³-hybridized carbons (Fsp3) is 0.222. The second kappa shape index (κ2) is 8.84. The maximum absolute atomic E-state index is 12.3. The monoisotopic (exact) mass is 429 g/mol. The van der Waals surface area contributed by atoms with Crippen LogP contribution in [0.4, 0.5) is 18.9 Å². The van der Waals surface area contributed by atoms with Crippen LogP contribution in [0.2, 0.25) is 0 Å². The van der Waals surface area contributed by atoms with Crippen molar-refractivity contribution in [2.75, 3.05) is 11.9 Å². The van der Waals surface area contributed by atoms with Crippen molar-refractivity contribution in [3.8, 4) is 5.75 Å². The van der Waals surface area contributed by atoms with Crippen molar-refractivity contribution in [1.82, 2.24) is 0 Å². The summed E-state index contributed by atoms with van der Waals surface area (Å²) in [6.07, 6.45) is -4.59. The van der Waals surface area contributed by atoms with E-state index in [4.69, 9.17) is 4.74 Å². The first-order valence-corrected chi connectivity index (χ1v) is 8.41. The molecule has 0 radical (unpaired) electrons. The van der Waals surface area contributed by atoms with Gasteiger partial charge in [0.25, 0.3) is 0 Å². The van der Waals surface area contributed by atoms with Gasteiger partial charge in [-0.05, 0) is 24.3 Å². The average Bonchev–Trinajstić information content (AvgIpc) is 2.59. The zero-order valence-electron chi connectivity index (χ0n) is 13.5. The Bertz CT molecular complexity index is 776. The van der Waals surface area contributed by atoms with Gasteiger partial charge in [0.15, 0.2) is 12.4 Å². The highest BCUT2D eigenvalue weighted by atomic mass is 79.9. The SMILES string of the molecule is O=C(CCC(=O)c1ccc(Br)cc1)Nc1ccccc1OCC(F)(F)F. The van der Waals surface area contributed by atoms with Crippen LogP contribution in [0.3, 0.4) is 0 Å². The Morgan fingerprint density at radius 1 is 1.00 bits per heavy atom. The van der Waals surface area contributed by atoms with Crippen molar-refractivity contribution >= 4 is 33.3 Å². The summed E-state index contributed by atoms with van der Waals surface area (Å²) in [6.45, 7) is -1.46. The van der Waals surface area contributed by atoms with Crippen LogP contribution >= 0.6 is 15.9 Å². The first-order valence-electron chi connectivity index (χ1n) is 7.62. The molecular formula is C18H15BrF3NO3. The van der Waals surface area contributed by atoms with Crippen LogP contribution in [0.1, 0.15) is 23.2 Å². The Kier molecular flexibility index (Phi) is 6.79. The van der Waals surface area contributed by atoms with Crippen LogP contribution in [0.15, 0.2) is 53.0 Å². The molecule has 0 atom stereocenters. The number of halogens is 4. The van der Waals surface area contributed by atoms with Gasteiger partial charge in [0, 0.05) is 22.9 Å². The lowest BCUT2D eigenvalue weighted by Gasteiger charge is -2.13. The molecule has 0 aliphatic heterocycles. The number of hydrogen-bond acceptors (Lipinski definition) is 3. The van der Waals surface area contributed by atoms with Crippen LogP contribution in [0.25, 0.3) is 0 Å². The van der Waals surface area contributed by atoms with Crippen molar-refractivity contribution < 1.29 is 27.5 Å². The topological polar surface area (TPSA) is 55.4 Å². The van der Waals surface area contributed by atoms with Crippen molar-refractivity contribution in [3.63, 3.8) is 0 Å². The number of nitrogens with one attached hydrogen (secondary N) is 1. The number of ether oxygens (including phenoxy) is 1. The molecule has 0 unspecified atom stereocenters. The number of hydrogen-bond donors (Lipinski definition) is 1. The summed E-state index contributed by atoms with van der Waals surface area (Å²) in [7, 11) is 0. The predicted octanol–water partition coefficient (Wildman–Crippen LogP) is 4.99. The smallest absolute Gasteiger partial charge is 0.422 e. The van der Waals surface area contributed by atoms with Gasteiger partial charge in [-0.3, -0.25) is 9.59 Å². The van der Waals surface area contributed by atoms with E-state index in [-0.39, 0.29) is 30.1 Å². The van der Waals surface area contributed by atoms with Crippen molar-refractivity contribution in [2.24, 2.45) is 0 Å². The molecule has 0 heterocycles. The summed E-state index contributed by atoms with van der Waals surface area (Å²) >= 11 is 3.27. The molecule has 1 amide bonds. The van der Waals surface area contributed by atoms with Crippen LogP contribution in [-0.4, -0.2) is 24.5 Å². The highest BCUT2D eigenvalue weighted by Gasteiger charge is 2.28. The number of ketones is 1. The Balaban J connectivity index is 1.91. The largest absolute Gasteiger partial charge is 0.482 e. The van der Waals surface area contributed by atoms with Crippen LogP contribution in [0, 0.1) is 0 Å². The lowest BCUT2D eigenvalue weighted by Crippen LogP contribution is -2.20. The third-order valence-corrected chi connectivity index (χ3v) is 3.83. The van der Waals surface area contributed by atoms with Gasteiger partial charge in [-0.25, -0.2) is 0 Å². The fourth-order valence-corrected chi connectivity index (χ4v) is 2.34. The highest BCUT2D eigenvalue weighted by Crippen LogP contribution is 2.26. The van der Waals surface area contributed by atoms with E-state index < -0.39 is 18.7 Å². The fourth-order valence-electron chi connectivity index (χ4n) is 2.08. The van der Waals surface area contributed by atoms with Gasteiger partial charge in [-0.15, -0.1) is 0 Å². The number of alkyl halides is 3. The molecule has 0 bridgehead atoms. The Morgan fingerprint density at radius 3 is 2.31 bits per heavy atom. The average molecular weight is 430 g/mol. The number of benzene rings is 2. The number of amides is 1. The molecule has 8 heteroatoms. The molecule has 4 nitrogen and oxygen atoms in total. The number of carbonyl (C=O) groups excluding carboxylic acids is 2. The van der Waals surface area contributed by atoms with Gasteiger partial charge in [0.1, 0.15) is 5.75 Å². The Labute approximate surface area is 156 Å². The molecule has 0 aromatic heterocycles. The molecule has 26 heavy (non-hydrogen) atoms. The van der Waals surface area contributed by atoms with Gasteiger partial charge in [0.2, 0.25) is 5.91 Å². The zero-order chi connectivity index (χ0) is 19.2. The summed E-state index contributed by atoms with van der Waals surface area (Å²) in [5.74, 6) is -0.773.